The maximum atomic E-state index is 12.8. The minimum Gasteiger partial charge on any atom is -0.381 e. The topological polar surface area (TPSA) is 71.1 Å². The van der Waals surface area contributed by atoms with Crippen molar-refractivity contribution in [3.05, 3.63) is 35.7 Å². The maximum Gasteiger partial charge on any atom is 0.253 e. The molecule has 1 aromatic heterocycles. The zero-order valence-electron chi connectivity index (χ0n) is 14.2. The number of ether oxygens (including phenoxy) is 1. The van der Waals surface area contributed by atoms with E-state index in [9.17, 15) is 4.79 Å². The second-order valence-corrected chi connectivity index (χ2v) is 7.68. The molecule has 1 spiro atoms. The molecule has 3 aliphatic rings. The number of H-pyrrole nitrogens is 1. The summed E-state index contributed by atoms with van der Waals surface area (Å²) in [4.78, 5) is 19.3. The van der Waals surface area contributed by atoms with Crippen LogP contribution in [0.2, 0.25) is 0 Å². The van der Waals surface area contributed by atoms with Gasteiger partial charge in [-0.1, -0.05) is 12.1 Å². The molecule has 130 valence electrons. The van der Waals surface area contributed by atoms with E-state index < -0.39 is 0 Å². The molecule has 6 nitrogen and oxygen atoms in total. The molecule has 1 aromatic carbocycles. The van der Waals surface area contributed by atoms with E-state index in [1.54, 1.807) is 0 Å². The number of rotatable bonds is 3. The van der Waals surface area contributed by atoms with Crippen LogP contribution in [-0.4, -0.2) is 52.3 Å². The first-order valence-electron chi connectivity index (χ1n) is 9.12. The van der Waals surface area contributed by atoms with Gasteiger partial charge in [0.2, 0.25) is 0 Å². The van der Waals surface area contributed by atoms with Crippen molar-refractivity contribution in [1.82, 2.24) is 20.1 Å². The molecule has 1 aliphatic carbocycles. The number of amides is 1. The lowest BCUT2D eigenvalue weighted by molar-refractivity contribution is 0.0765. The predicted molar refractivity (Wildman–Crippen MR) is 92.2 cm³/mol. The summed E-state index contributed by atoms with van der Waals surface area (Å²) in [5.41, 5.74) is 1.88. The summed E-state index contributed by atoms with van der Waals surface area (Å²) in [7, 11) is 0. The first-order valence-corrected chi connectivity index (χ1v) is 9.12. The van der Waals surface area contributed by atoms with Crippen molar-refractivity contribution in [3.8, 4) is 11.4 Å². The fraction of sp³-hybridized carbons (Fsp3) is 0.526. The highest BCUT2D eigenvalue weighted by Gasteiger charge is 2.42. The Morgan fingerprint density at radius 2 is 2.08 bits per heavy atom. The number of hydrogen-bond donors (Lipinski definition) is 1. The number of carbonyl (C=O) groups is 1. The van der Waals surface area contributed by atoms with E-state index >= 15 is 0 Å². The van der Waals surface area contributed by atoms with Crippen molar-refractivity contribution < 1.29 is 9.53 Å². The van der Waals surface area contributed by atoms with E-state index in [4.69, 9.17) is 4.74 Å². The average molecular weight is 338 g/mol. The molecule has 0 unspecified atom stereocenters. The Morgan fingerprint density at radius 1 is 1.24 bits per heavy atom. The molecule has 1 amide bonds. The van der Waals surface area contributed by atoms with Gasteiger partial charge in [0.05, 0.1) is 6.61 Å². The largest absolute Gasteiger partial charge is 0.381 e. The van der Waals surface area contributed by atoms with Gasteiger partial charge in [-0.15, -0.1) is 0 Å². The van der Waals surface area contributed by atoms with Gasteiger partial charge >= 0.3 is 0 Å². The number of carbonyl (C=O) groups excluding carboxylic acids is 1. The summed E-state index contributed by atoms with van der Waals surface area (Å²) in [5, 5.41) is 7.33. The second-order valence-electron chi connectivity index (χ2n) is 7.68. The Kier molecular flexibility index (Phi) is 3.41. The molecule has 25 heavy (non-hydrogen) atoms. The van der Waals surface area contributed by atoms with E-state index in [1.165, 1.54) is 12.8 Å². The predicted octanol–water partition coefficient (Wildman–Crippen LogP) is 2.60. The van der Waals surface area contributed by atoms with Crippen molar-refractivity contribution in [2.24, 2.45) is 5.41 Å². The number of aromatic nitrogens is 3. The molecule has 3 fully saturated rings. The minimum atomic E-state index is 0.115. The van der Waals surface area contributed by atoms with E-state index in [0.717, 1.165) is 56.1 Å². The number of nitrogens with one attached hydrogen (secondary N) is 1. The third kappa shape index (κ3) is 2.74. The summed E-state index contributed by atoms with van der Waals surface area (Å²) in [6, 6.07) is 7.66. The molecule has 2 aromatic rings. The van der Waals surface area contributed by atoms with E-state index in [-0.39, 0.29) is 11.3 Å². The Bertz CT molecular complexity index is 788. The summed E-state index contributed by atoms with van der Waals surface area (Å²) in [6.45, 7) is 3.27. The molecule has 1 N–H and O–H groups in total. The Balaban J connectivity index is 1.30. The average Bonchev–Trinajstić information content (AvgIpc) is 3.07. The van der Waals surface area contributed by atoms with Crippen molar-refractivity contribution in [2.45, 2.75) is 31.6 Å². The quantitative estimate of drug-likeness (QED) is 0.934. The molecular formula is C19H22N4O2. The Morgan fingerprint density at radius 3 is 2.80 bits per heavy atom. The van der Waals surface area contributed by atoms with Gasteiger partial charge < -0.3 is 9.64 Å². The Labute approximate surface area is 146 Å². The van der Waals surface area contributed by atoms with Crippen LogP contribution in [0.1, 0.15) is 47.8 Å². The number of nitrogens with zero attached hydrogens (tertiary/aromatic N) is 3. The van der Waals surface area contributed by atoms with Crippen molar-refractivity contribution in [1.29, 1.82) is 0 Å². The van der Waals surface area contributed by atoms with Gasteiger partial charge in [0.15, 0.2) is 5.82 Å². The second kappa shape index (κ2) is 5.66. The van der Waals surface area contributed by atoms with Gasteiger partial charge in [-0.3, -0.25) is 9.89 Å². The molecule has 0 radical (unpaired) electrons. The van der Waals surface area contributed by atoms with Gasteiger partial charge in [0, 0.05) is 42.2 Å². The van der Waals surface area contributed by atoms with E-state index in [1.807, 2.05) is 29.2 Å². The molecule has 5 rings (SSSR count). The van der Waals surface area contributed by atoms with Gasteiger partial charge in [0.25, 0.3) is 5.91 Å². The zero-order chi connectivity index (χ0) is 16.9. The van der Waals surface area contributed by atoms with E-state index in [2.05, 4.69) is 15.2 Å². The van der Waals surface area contributed by atoms with Crippen LogP contribution in [-0.2, 0) is 4.74 Å². The van der Waals surface area contributed by atoms with Crippen LogP contribution >= 0.6 is 0 Å². The third-order valence-corrected chi connectivity index (χ3v) is 5.77. The lowest BCUT2D eigenvalue weighted by Gasteiger charge is -2.22. The lowest BCUT2D eigenvalue weighted by atomic mass is 9.87. The van der Waals surface area contributed by atoms with Gasteiger partial charge in [0.1, 0.15) is 5.82 Å². The van der Waals surface area contributed by atoms with Crippen LogP contribution in [0, 0.1) is 5.41 Å². The fourth-order valence-corrected chi connectivity index (χ4v) is 3.97. The summed E-state index contributed by atoms with van der Waals surface area (Å²) in [6.07, 6.45) is 4.52. The standard InChI is InChI=1S/C19H22N4O2/c24-18(23-9-7-19(11-23)8-10-25-12-19)15-5-3-14(4-6-15)17-20-16(21-22-17)13-1-2-13/h3-6,13H,1-2,7-12H2,(H,20,21,22)/t19-/m1/s1. The SMILES string of the molecule is O=C(c1ccc(-c2n[nH]c(C3CC3)n2)cc1)N1CC[C@@]2(CCOC2)C1. The van der Waals surface area contributed by atoms with Crippen LogP contribution < -0.4 is 0 Å². The summed E-state index contributed by atoms with van der Waals surface area (Å²) >= 11 is 0. The first kappa shape index (κ1) is 15.1. The molecule has 6 heteroatoms. The zero-order valence-corrected chi connectivity index (χ0v) is 14.2. The molecule has 1 atom stereocenters. The maximum absolute atomic E-state index is 12.8. The molecule has 1 saturated carbocycles. The van der Waals surface area contributed by atoms with Gasteiger partial charge in [-0.05, 0) is 37.8 Å². The number of aromatic amines is 1. The molecular weight excluding hydrogens is 316 g/mol. The molecule has 2 aliphatic heterocycles. The molecule has 3 heterocycles. The normalized spacial score (nSPS) is 25.8. The van der Waals surface area contributed by atoms with Crippen molar-refractivity contribution in [3.63, 3.8) is 0 Å². The van der Waals surface area contributed by atoms with E-state index in [0.29, 0.717) is 11.7 Å². The first-order chi connectivity index (χ1) is 12.2. The Hall–Kier alpha value is -2.21. The van der Waals surface area contributed by atoms with Crippen LogP contribution in [0.15, 0.2) is 24.3 Å². The lowest BCUT2D eigenvalue weighted by Crippen LogP contribution is -2.32. The molecule has 0 bridgehead atoms. The highest BCUT2D eigenvalue weighted by Crippen LogP contribution is 2.39. The number of benzene rings is 1. The minimum absolute atomic E-state index is 0.115. The van der Waals surface area contributed by atoms with Crippen LogP contribution in [0.25, 0.3) is 11.4 Å². The smallest absolute Gasteiger partial charge is 0.253 e. The van der Waals surface area contributed by atoms with Crippen molar-refractivity contribution in [2.75, 3.05) is 26.3 Å². The highest BCUT2D eigenvalue weighted by atomic mass is 16.5. The van der Waals surface area contributed by atoms with Crippen LogP contribution in [0.4, 0.5) is 0 Å². The highest BCUT2D eigenvalue weighted by molar-refractivity contribution is 5.94. The summed E-state index contributed by atoms with van der Waals surface area (Å²) in [5.74, 6) is 2.37. The van der Waals surface area contributed by atoms with Crippen molar-refractivity contribution >= 4 is 5.91 Å². The van der Waals surface area contributed by atoms with Crippen LogP contribution in [0.5, 0.6) is 0 Å². The fourth-order valence-electron chi connectivity index (χ4n) is 3.97. The third-order valence-electron chi connectivity index (χ3n) is 5.77. The van der Waals surface area contributed by atoms with Gasteiger partial charge in [-0.2, -0.15) is 5.10 Å². The van der Waals surface area contributed by atoms with Crippen LogP contribution in [0.3, 0.4) is 0 Å². The number of likely N-dealkylation sites (tertiary alicyclic amines) is 1. The number of hydrogen-bond acceptors (Lipinski definition) is 4. The molecule has 2 saturated heterocycles. The van der Waals surface area contributed by atoms with Gasteiger partial charge in [-0.25, -0.2) is 4.98 Å². The monoisotopic (exact) mass is 338 g/mol. The summed E-state index contributed by atoms with van der Waals surface area (Å²) < 4.78 is 5.55.